The highest BCUT2D eigenvalue weighted by Gasteiger charge is 2.11. The molecule has 4 aromatic rings. The second-order valence-corrected chi connectivity index (χ2v) is 14.7. The van der Waals surface area contributed by atoms with Gasteiger partial charge in [-0.3, -0.25) is 0 Å². The first-order chi connectivity index (χ1) is 27.6. The monoisotopic (exact) mass is 788 g/mol. The number of ether oxygens (including phenoxy) is 2. The molecule has 0 aliphatic heterocycles. The molecule has 0 atom stereocenters. The van der Waals surface area contributed by atoms with Crippen LogP contribution in [0.4, 0.5) is 26.3 Å². The van der Waals surface area contributed by atoms with Gasteiger partial charge < -0.3 is 9.47 Å². The molecule has 0 fully saturated rings. The highest BCUT2D eigenvalue weighted by Crippen LogP contribution is 2.23. The van der Waals surface area contributed by atoms with Crippen LogP contribution in [0.25, 0.3) is 0 Å². The molecule has 0 N–H and O–H groups in total. The number of halogens is 6. The molecule has 0 saturated heterocycles. The van der Waals surface area contributed by atoms with Gasteiger partial charge in [0, 0.05) is 12.1 Å². The summed E-state index contributed by atoms with van der Waals surface area (Å²) in [6.45, 7) is 6.23. The van der Waals surface area contributed by atoms with Crippen molar-refractivity contribution in [2.45, 2.75) is 117 Å². The van der Waals surface area contributed by atoms with Crippen LogP contribution in [0.3, 0.4) is 0 Å². The molecule has 8 heteroatoms. The molecule has 0 radical (unpaired) electrons. The van der Waals surface area contributed by atoms with Gasteiger partial charge in [0.1, 0.15) is 23.1 Å². The van der Waals surface area contributed by atoms with Crippen LogP contribution in [0.5, 0.6) is 11.5 Å². The predicted molar refractivity (Wildman–Crippen MR) is 216 cm³/mol. The van der Waals surface area contributed by atoms with Gasteiger partial charge in [0.2, 0.25) is 0 Å². The minimum atomic E-state index is -1.03. The van der Waals surface area contributed by atoms with Gasteiger partial charge >= 0.3 is 0 Å². The van der Waals surface area contributed by atoms with Crippen molar-refractivity contribution in [1.82, 2.24) is 0 Å². The summed E-state index contributed by atoms with van der Waals surface area (Å²) in [6, 6.07) is 14.4. The van der Waals surface area contributed by atoms with Crippen LogP contribution in [0.1, 0.15) is 137 Å². The van der Waals surface area contributed by atoms with Gasteiger partial charge in [0.15, 0.2) is 23.3 Å². The number of aryl methyl sites for hydroxylation is 2. The molecule has 0 spiro atoms. The zero-order valence-corrected chi connectivity index (χ0v) is 33.5. The van der Waals surface area contributed by atoms with Crippen LogP contribution in [0.2, 0.25) is 0 Å². The number of unbranched alkanes of at least 4 members (excludes halogenated alkanes) is 10. The molecule has 0 saturated carbocycles. The Balaban J connectivity index is 0.975. The lowest BCUT2D eigenvalue weighted by atomic mass is 9.92. The van der Waals surface area contributed by atoms with Crippen molar-refractivity contribution in [3.63, 3.8) is 0 Å². The van der Waals surface area contributed by atoms with Crippen molar-refractivity contribution in [3.8, 4) is 35.2 Å². The Morgan fingerprint density at radius 2 is 0.789 bits per heavy atom. The van der Waals surface area contributed by atoms with Crippen LogP contribution in [-0.2, 0) is 0 Å². The fourth-order valence-corrected chi connectivity index (χ4v) is 6.55. The Morgan fingerprint density at radius 1 is 0.439 bits per heavy atom. The van der Waals surface area contributed by atoms with Gasteiger partial charge in [-0.05, 0) is 80.1 Å². The van der Waals surface area contributed by atoms with Crippen LogP contribution >= 0.6 is 0 Å². The SMILES string of the molecule is CCC(CCCCCCCCOc1ccc(C#Cc2ccc(C)c(F)c2F)c(F)c1)CCCCCCCCOc1ccc(C#Cc2ccc(C)c(F)c2F)c(F)c1. The van der Waals surface area contributed by atoms with Crippen molar-refractivity contribution in [2.75, 3.05) is 13.2 Å². The molecule has 57 heavy (non-hydrogen) atoms. The molecule has 0 aliphatic rings. The summed E-state index contributed by atoms with van der Waals surface area (Å²) in [4.78, 5) is 0. The lowest BCUT2D eigenvalue weighted by molar-refractivity contribution is 0.302. The number of hydrogen-bond acceptors (Lipinski definition) is 2. The van der Waals surface area contributed by atoms with E-state index in [1.165, 1.54) is 120 Å². The van der Waals surface area contributed by atoms with E-state index in [4.69, 9.17) is 9.47 Å². The molecular weight excluding hydrogens is 735 g/mol. The highest BCUT2D eigenvalue weighted by molar-refractivity contribution is 5.47. The van der Waals surface area contributed by atoms with Crippen LogP contribution < -0.4 is 9.47 Å². The van der Waals surface area contributed by atoms with Crippen LogP contribution in [0, 0.1) is 78.4 Å². The lowest BCUT2D eigenvalue weighted by Crippen LogP contribution is -2.00. The Kier molecular flexibility index (Phi) is 19.0. The molecular formula is C49H54F6O2. The molecule has 4 rings (SSSR count). The largest absolute Gasteiger partial charge is 0.493 e. The van der Waals surface area contributed by atoms with E-state index in [9.17, 15) is 26.3 Å². The predicted octanol–water partition coefficient (Wildman–Crippen LogP) is 13.9. The lowest BCUT2D eigenvalue weighted by Gasteiger charge is -2.14. The zero-order valence-electron chi connectivity index (χ0n) is 33.5. The van der Waals surface area contributed by atoms with Crippen LogP contribution in [0.15, 0.2) is 60.7 Å². The zero-order chi connectivity index (χ0) is 41.0. The molecule has 0 bridgehead atoms. The smallest absolute Gasteiger partial charge is 0.174 e. The van der Waals surface area contributed by atoms with E-state index < -0.39 is 34.9 Å². The second kappa shape index (κ2) is 24.1. The fourth-order valence-electron chi connectivity index (χ4n) is 6.55. The van der Waals surface area contributed by atoms with Crippen molar-refractivity contribution in [1.29, 1.82) is 0 Å². The number of hydrogen-bond donors (Lipinski definition) is 0. The maximum atomic E-state index is 14.5. The standard InChI is InChI=1S/C49H54F6O2/c1-4-37(17-13-9-5-7-11-15-31-56-42-29-27-38(44(50)33-42)23-25-40-21-19-35(2)46(52)48(40)54)18-14-10-6-8-12-16-32-57-43-30-28-39(45(51)34-43)24-26-41-22-20-36(3)47(53)49(41)55/h19-22,27-30,33-34,37H,4-18,31-32H2,1-3H3. The topological polar surface area (TPSA) is 18.5 Å². The molecule has 0 aliphatic carbocycles. The first-order valence-corrected chi connectivity index (χ1v) is 20.3. The Morgan fingerprint density at radius 3 is 1.18 bits per heavy atom. The molecule has 0 aromatic heterocycles. The summed E-state index contributed by atoms with van der Waals surface area (Å²) < 4.78 is 96.1. The summed E-state index contributed by atoms with van der Waals surface area (Å²) in [6.07, 6.45) is 17.3. The van der Waals surface area contributed by atoms with E-state index in [1.807, 2.05) is 0 Å². The summed E-state index contributed by atoms with van der Waals surface area (Å²) in [5.74, 6) is 6.72. The maximum Gasteiger partial charge on any atom is 0.174 e. The Labute approximate surface area is 335 Å². The maximum absolute atomic E-state index is 14.5. The minimum absolute atomic E-state index is 0.0927. The summed E-state index contributed by atoms with van der Waals surface area (Å²) in [5, 5.41) is 0. The van der Waals surface area contributed by atoms with Gasteiger partial charge in [-0.2, -0.15) is 0 Å². The van der Waals surface area contributed by atoms with E-state index in [-0.39, 0.29) is 33.4 Å². The number of benzene rings is 4. The van der Waals surface area contributed by atoms with Crippen molar-refractivity contribution >= 4 is 0 Å². The normalized spacial score (nSPS) is 10.9. The van der Waals surface area contributed by atoms with Gasteiger partial charge in [0.05, 0.1) is 35.5 Å². The molecule has 0 heterocycles. The fraction of sp³-hybridized carbons (Fsp3) is 0.429. The average molecular weight is 789 g/mol. The Bertz CT molecular complexity index is 1880. The third kappa shape index (κ3) is 14.9. The van der Waals surface area contributed by atoms with Gasteiger partial charge in [-0.1, -0.05) is 126 Å². The number of rotatable bonds is 21. The van der Waals surface area contributed by atoms with Gasteiger partial charge in [0.25, 0.3) is 0 Å². The molecule has 4 aromatic carbocycles. The van der Waals surface area contributed by atoms with E-state index >= 15 is 0 Å². The average Bonchev–Trinajstić information content (AvgIpc) is 3.20. The van der Waals surface area contributed by atoms with Crippen molar-refractivity contribution in [3.05, 3.63) is 129 Å². The van der Waals surface area contributed by atoms with Crippen molar-refractivity contribution in [2.24, 2.45) is 5.92 Å². The summed E-state index contributed by atoms with van der Waals surface area (Å²) in [5.41, 5.74) is 0.335. The third-order valence-corrected chi connectivity index (χ3v) is 10.2. The molecule has 0 unspecified atom stereocenters. The quantitative estimate of drug-likeness (QED) is 0.0476. The summed E-state index contributed by atoms with van der Waals surface area (Å²) >= 11 is 0. The molecule has 2 nitrogen and oxygen atoms in total. The minimum Gasteiger partial charge on any atom is -0.493 e. The van der Waals surface area contributed by atoms with E-state index in [2.05, 4.69) is 30.6 Å². The first kappa shape index (κ1) is 44.9. The van der Waals surface area contributed by atoms with E-state index in [1.54, 1.807) is 12.1 Å². The van der Waals surface area contributed by atoms with Gasteiger partial charge in [-0.25, -0.2) is 26.3 Å². The van der Waals surface area contributed by atoms with Crippen LogP contribution in [-0.4, -0.2) is 13.2 Å². The van der Waals surface area contributed by atoms with E-state index in [0.717, 1.165) is 44.4 Å². The second-order valence-electron chi connectivity index (χ2n) is 14.7. The van der Waals surface area contributed by atoms with E-state index in [0.29, 0.717) is 24.7 Å². The van der Waals surface area contributed by atoms with Gasteiger partial charge in [-0.15, -0.1) is 0 Å². The first-order valence-electron chi connectivity index (χ1n) is 20.3. The highest BCUT2D eigenvalue weighted by atomic mass is 19.2. The summed E-state index contributed by atoms with van der Waals surface area (Å²) in [7, 11) is 0. The Hall–Kier alpha value is -4.82. The van der Waals surface area contributed by atoms with Crippen molar-refractivity contribution < 1.29 is 35.8 Å². The molecule has 304 valence electrons. The molecule has 0 amide bonds. The third-order valence-electron chi connectivity index (χ3n) is 10.2.